The van der Waals surface area contributed by atoms with Gasteiger partial charge in [-0.1, -0.05) is 12.1 Å². The molecular formula is C29H34O15. The number of hydrogen-bond donors (Lipinski definition) is 9. The van der Waals surface area contributed by atoms with Gasteiger partial charge in [-0.2, -0.15) is 0 Å². The smallest absolute Gasteiger partial charge is 0.376 e. The lowest BCUT2D eigenvalue weighted by atomic mass is 9.98. The minimum Gasteiger partial charge on any atom is -0.508 e. The maximum Gasteiger partial charge on any atom is 0.376 e. The van der Waals surface area contributed by atoms with Crippen LogP contribution in [0.1, 0.15) is 21.7 Å². The highest BCUT2D eigenvalue weighted by Crippen LogP contribution is 2.35. The lowest BCUT2D eigenvalue weighted by Gasteiger charge is -2.39. The number of hydrogen-bond acceptors (Lipinski definition) is 15. The fourth-order valence-corrected chi connectivity index (χ4v) is 5.17. The summed E-state index contributed by atoms with van der Waals surface area (Å²) in [6, 6.07) is 10.8. The molecule has 0 spiro atoms. The molecule has 0 radical (unpaired) electrons. The zero-order valence-corrected chi connectivity index (χ0v) is 23.1. The molecule has 0 amide bonds. The molecule has 0 unspecified atom stereocenters. The summed E-state index contributed by atoms with van der Waals surface area (Å²) in [5.74, 6) is -1.17. The summed E-state index contributed by atoms with van der Waals surface area (Å²) in [6.07, 6.45) is -15.2. The Kier molecular flexibility index (Phi) is 9.71. The van der Waals surface area contributed by atoms with E-state index in [1.807, 2.05) is 0 Å². The molecule has 2 saturated heterocycles. The van der Waals surface area contributed by atoms with Gasteiger partial charge in [0.05, 0.1) is 13.2 Å². The topological polar surface area (TPSA) is 249 Å². The van der Waals surface area contributed by atoms with Crippen LogP contribution >= 0.6 is 0 Å². The van der Waals surface area contributed by atoms with Gasteiger partial charge in [0.2, 0.25) is 18.3 Å². The van der Waals surface area contributed by atoms with Crippen LogP contribution in [0.3, 0.4) is 0 Å². The minimum atomic E-state index is -1.82. The molecule has 5 rings (SSSR count). The average Bonchev–Trinajstić information content (AvgIpc) is 3.46. The predicted molar refractivity (Wildman–Crippen MR) is 145 cm³/mol. The van der Waals surface area contributed by atoms with Crippen molar-refractivity contribution in [3.63, 3.8) is 0 Å². The van der Waals surface area contributed by atoms with E-state index in [1.54, 1.807) is 12.1 Å². The Bertz CT molecular complexity index is 1420. The molecule has 0 bridgehead atoms. The zero-order valence-electron chi connectivity index (χ0n) is 23.1. The van der Waals surface area contributed by atoms with Crippen molar-refractivity contribution < 1.29 is 74.1 Å². The first-order chi connectivity index (χ1) is 21.0. The first kappa shape index (κ1) is 32.1. The summed E-state index contributed by atoms with van der Waals surface area (Å²) in [7, 11) is 0. The van der Waals surface area contributed by atoms with E-state index in [-0.39, 0.29) is 29.3 Å². The van der Waals surface area contributed by atoms with Crippen molar-refractivity contribution in [1.29, 1.82) is 0 Å². The van der Waals surface area contributed by atoms with E-state index >= 15 is 0 Å². The van der Waals surface area contributed by atoms with Gasteiger partial charge in [-0.15, -0.1) is 0 Å². The van der Waals surface area contributed by atoms with Gasteiger partial charge in [0, 0.05) is 10.9 Å². The third kappa shape index (κ3) is 6.38. The van der Waals surface area contributed by atoms with Gasteiger partial charge in [0.1, 0.15) is 65.9 Å². The number of furan rings is 1. The number of aryl methyl sites for hydroxylation is 2. The van der Waals surface area contributed by atoms with Crippen LogP contribution in [0.25, 0.3) is 11.0 Å². The molecule has 44 heavy (non-hydrogen) atoms. The summed E-state index contributed by atoms with van der Waals surface area (Å²) in [4.78, 5) is 13.0. The van der Waals surface area contributed by atoms with Crippen LogP contribution in [-0.2, 0) is 27.1 Å². The van der Waals surface area contributed by atoms with Crippen LogP contribution in [0, 0.1) is 0 Å². The molecule has 0 saturated carbocycles. The maximum atomic E-state index is 13.0. The molecule has 0 aliphatic carbocycles. The molecule has 2 fully saturated rings. The van der Waals surface area contributed by atoms with E-state index in [0.717, 1.165) is 5.56 Å². The number of phenolic OH excluding ortho intramolecular Hbond substituents is 1. The first-order valence-corrected chi connectivity index (χ1v) is 13.8. The van der Waals surface area contributed by atoms with E-state index in [2.05, 4.69) is 0 Å². The van der Waals surface area contributed by atoms with Gasteiger partial charge in [0.25, 0.3) is 0 Å². The number of aliphatic hydroxyl groups is 8. The molecule has 10 atom stereocenters. The quantitative estimate of drug-likeness (QED) is 0.118. The van der Waals surface area contributed by atoms with Crippen molar-refractivity contribution in [2.24, 2.45) is 0 Å². The van der Waals surface area contributed by atoms with Gasteiger partial charge in [-0.05, 0) is 48.7 Å². The number of fused-ring (bicyclic) bond motifs is 1. The third-order valence-corrected chi connectivity index (χ3v) is 7.73. The molecule has 1 aromatic heterocycles. The highest BCUT2D eigenvalue weighted by atomic mass is 16.7. The van der Waals surface area contributed by atoms with Crippen molar-refractivity contribution in [3.8, 4) is 11.5 Å². The Morgan fingerprint density at radius 1 is 0.727 bits per heavy atom. The van der Waals surface area contributed by atoms with E-state index in [4.69, 9.17) is 23.4 Å². The number of aliphatic hydroxyl groups excluding tert-OH is 8. The summed E-state index contributed by atoms with van der Waals surface area (Å²) in [5, 5.41) is 90.0. The second-order valence-electron chi connectivity index (χ2n) is 10.6. The Balaban J connectivity index is 1.44. The fourth-order valence-electron chi connectivity index (χ4n) is 5.17. The van der Waals surface area contributed by atoms with Crippen LogP contribution in [0.4, 0.5) is 0 Å². The Morgan fingerprint density at radius 2 is 1.32 bits per heavy atom. The molecular weight excluding hydrogens is 588 g/mol. The maximum absolute atomic E-state index is 13.0. The van der Waals surface area contributed by atoms with Gasteiger partial charge in [-0.25, -0.2) is 4.79 Å². The second-order valence-corrected chi connectivity index (χ2v) is 10.6. The SMILES string of the molecule is O=C(O[C@H]1O[C@H](CO)[C@H](O)[C@@H](O)[C@@H]1O)c1cc2c(CCc3ccc(O)cc3)c(O[C@@H]3O[C@H](CO)[C@@H](O)[C@H](O)[C@H]3O)ccc2o1. The highest BCUT2D eigenvalue weighted by molar-refractivity contribution is 5.94. The van der Waals surface area contributed by atoms with E-state index in [0.29, 0.717) is 17.4 Å². The number of ether oxygens (including phenoxy) is 4. The van der Waals surface area contributed by atoms with Crippen LogP contribution in [-0.4, -0.2) is 127 Å². The average molecular weight is 623 g/mol. The lowest BCUT2D eigenvalue weighted by molar-refractivity contribution is -0.285. The number of carbonyl (C=O) groups excluding carboxylic acids is 1. The Hall–Kier alpha value is -3.35. The van der Waals surface area contributed by atoms with Gasteiger partial charge in [-0.3, -0.25) is 0 Å². The summed E-state index contributed by atoms with van der Waals surface area (Å²) < 4.78 is 27.6. The van der Waals surface area contributed by atoms with Crippen LogP contribution in [0.15, 0.2) is 46.9 Å². The monoisotopic (exact) mass is 622 g/mol. The van der Waals surface area contributed by atoms with Crippen molar-refractivity contribution in [2.75, 3.05) is 13.2 Å². The van der Waals surface area contributed by atoms with E-state index in [1.165, 1.54) is 30.3 Å². The normalized spacial score (nSPS) is 32.5. The van der Waals surface area contributed by atoms with Crippen molar-refractivity contribution in [2.45, 2.75) is 74.3 Å². The summed E-state index contributed by atoms with van der Waals surface area (Å²) in [5.41, 5.74) is 1.53. The number of carbonyl (C=O) groups is 1. The molecule has 240 valence electrons. The first-order valence-electron chi connectivity index (χ1n) is 13.8. The van der Waals surface area contributed by atoms with Crippen molar-refractivity contribution >= 4 is 16.9 Å². The second kappa shape index (κ2) is 13.3. The minimum absolute atomic E-state index is 0.0832. The fraction of sp³-hybridized carbons (Fsp3) is 0.483. The standard InChI is InChI=1S/C29H34O15/c30-10-19-21(33)23(35)25(37)28(42-19)41-16-7-8-17-15(14(16)6-3-12-1-4-13(32)5-2-12)9-18(40-17)27(39)44-29-26(38)24(36)22(34)20(11-31)43-29/h1-2,4-5,7-9,19-26,28-38H,3,6,10-11H2/t19-,20-,21-,22+,23+,24-,25-,26+,28-,29-/m1/s1. The molecule has 9 N–H and O–H groups in total. The van der Waals surface area contributed by atoms with Gasteiger partial charge < -0.3 is 69.3 Å². The number of benzene rings is 2. The largest absolute Gasteiger partial charge is 0.508 e. The van der Waals surface area contributed by atoms with Crippen LogP contribution < -0.4 is 4.74 Å². The van der Waals surface area contributed by atoms with Gasteiger partial charge >= 0.3 is 5.97 Å². The molecule has 2 aromatic carbocycles. The van der Waals surface area contributed by atoms with E-state index in [9.17, 15) is 50.8 Å². The molecule has 2 aliphatic rings. The van der Waals surface area contributed by atoms with Crippen LogP contribution in [0.2, 0.25) is 0 Å². The number of esters is 1. The van der Waals surface area contributed by atoms with Crippen molar-refractivity contribution in [3.05, 3.63) is 59.4 Å². The molecule has 15 heteroatoms. The number of rotatable bonds is 9. The van der Waals surface area contributed by atoms with E-state index < -0.39 is 80.6 Å². The lowest BCUT2D eigenvalue weighted by Crippen LogP contribution is -2.60. The van der Waals surface area contributed by atoms with Gasteiger partial charge in [0.15, 0.2) is 0 Å². The van der Waals surface area contributed by atoms with Crippen LogP contribution in [0.5, 0.6) is 11.5 Å². The third-order valence-electron chi connectivity index (χ3n) is 7.73. The molecule has 2 aliphatic heterocycles. The number of phenols is 1. The summed E-state index contributed by atoms with van der Waals surface area (Å²) in [6.45, 7) is -1.37. The van der Waals surface area contributed by atoms with Crippen molar-refractivity contribution in [1.82, 2.24) is 0 Å². The number of aromatic hydroxyl groups is 1. The molecule has 3 heterocycles. The highest BCUT2D eigenvalue weighted by Gasteiger charge is 2.46. The summed E-state index contributed by atoms with van der Waals surface area (Å²) >= 11 is 0. The Morgan fingerprint density at radius 3 is 1.93 bits per heavy atom. The zero-order chi connectivity index (χ0) is 31.7. The predicted octanol–water partition coefficient (Wildman–Crippen LogP) is -1.94. The molecule has 3 aromatic rings. The molecule has 15 nitrogen and oxygen atoms in total. The Labute approximate surface area is 249 Å².